The maximum Gasteiger partial charge on any atom is 0.238 e. The number of benzene rings is 2. The second-order valence-corrected chi connectivity index (χ2v) is 7.18. The molecule has 1 aliphatic rings. The van der Waals surface area contributed by atoms with Gasteiger partial charge in [-0.15, -0.1) is 23.4 Å². The number of hydrogen-bond donors (Lipinski definition) is 1. The van der Waals surface area contributed by atoms with Gasteiger partial charge >= 0.3 is 0 Å². The van der Waals surface area contributed by atoms with E-state index >= 15 is 0 Å². The van der Waals surface area contributed by atoms with Gasteiger partial charge in [0.15, 0.2) is 0 Å². The minimum atomic E-state index is -0.113. The minimum Gasteiger partial charge on any atom is -0.497 e. The van der Waals surface area contributed by atoms with Crippen molar-refractivity contribution in [2.45, 2.75) is 11.8 Å². The molecule has 5 nitrogen and oxygen atoms in total. The van der Waals surface area contributed by atoms with Gasteiger partial charge in [0.1, 0.15) is 11.1 Å². The number of halogens is 1. The summed E-state index contributed by atoms with van der Waals surface area (Å²) in [6.45, 7) is 0. The molecule has 1 N–H and O–H groups in total. The van der Waals surface area contributed by atoms with E-state index in [9.17, 15) is 9.59 Å². The lowest BCUT2D eigenvalue weighted by molar-refractivity contribution is -0.116. The summed E-state index contributed by atoms with van der Waals surface area (Å²) in [5.41, 5.74) is 2.56. The molecule has 136 valence electrons. The lowest BCUT2D eigenvalue weighted by Crippen LogP contribution is -2.27. The normalized spacial score (nSPS) is 16.6. The first-order valence-corrected chi connectivity index (χ1v) is 9.74. The predicted octanol–water partition coefficient (Wildman–Crippen LogP) is 4.04. The number of rotatable bonds is 6. The molecule has 2 aromatic carbocycles. The highest BCUT2D eigenvalue weighted by Gasteiger charge is 2.34. The first kappa shape index (κ1) is 18.6. The van der Waals surface area contributed by atoms with Crippen LogP contribution in [0.3, 0.4) is 0 Å². The summed E-state index contributed by atoms with van der Waals surface area (Å²) in [4.78, 5) is 25.8. The fourth-order valence-corrected chi connectivity index (χ4v) is 4.08. The Balaban J connectivity index is 1.78. The van der Waals surface area contributed by atoms with Crippen LogP contribution in [0.5, 0.6) is 5.75 Å². The van der Waals surface area contributed by atoms with Gasteiger partial charge in [-0.25, -0.2) is 0 Å². The summed E-state index contributed by atoms with van der Waals surface area (Å²) >= 11 is 7.16. The molecule has 7 heteroatoms. The van der Waals surface area contributed by atoms with Gasteiger partial charge in [0.2, 0.25) is 11.8 Å². The van der Waals surface area contributed by atoms with E-state index in [2.05, 4.69) is 5.32 Å². The smallest absolute Gasteiger partial charge is 0.238 e. The van der Waals surface area contributed by atoms with Gasteiger partial charge < -0.3 is 10.1 Å². The van der Waals surface area contributed by atoms with Gasteiger partial charge in [0.05, 0.1) is 12.9 Å². The van der Waals surface area contributed by atoms with Crippen molar-refractivity contribution in [3.8, 4) is 5.75 Å². The van der Waals surface area contributed by atoms with Crippen LogP contribution in [-0.2, 0) is 9.59 Å². The highest BCUT2D eigenvalue weighted by atomic mass is 35.5. The topological polar surface area (TPSA) is 58.6 Å². The van der Waals surface area contributed by atoms with Crippen molar-refractivity contribution < 1.29 is 14.3 Å². The van der Waals surface area contributed by atoms with Crippen LogP contribution in [0, 0.1) is 0 Å². The molecule has 3 rings (SSSR count). The number of carbonyl (C=O) groups is 2. The summed E-state index contributed by atoms with van der Waals surface area (Å²) in [6, 6.07) is 15.0. The van der Waals surface area contributed by atoms with Gasteiger partial charge in [-0.1, -0.05) is 12.1 Å². The van der Waals surface area contributed by atoms with E-state index in [0.717, 1.165) is 17.0 Å². The van der Waals surface area contributed by atoms with Crippen LogP contribution in [0.15, 0.2) is 48.5 Å². The molecule has 1 fully saturated rings. The fraction of sp³-hybridized carbons (Fsp3) is 0.263. The fourth-order valence-electron chi connectivity index (χ4n) is 2.73. The Morgan fingerprint density at radius 3 is 2.54 bits per heavy atom. The summed E-state index contributed by atoms with van der Waals surface area (Å²) in [7, 11) is 1.61. The Morgan fingerprint density at radius 1 is 1.23 bits per heavy atom. The molecule has 2 amide bonds. The Hall–Kier alpha value is -2.18. The highest BCUT2D eigenvalue weighted by Crippen LogP contribution is 2.42. The molecule has 0 bridgehead atoms. The number of carbonyl (C=O) groups excluding carboxylic acids is 2. The molecule has 26 heavy (non-hydrogen) atoms. The van der Waals surface area contributed by atoms with Crippen molar-refractivity contribution in [3.05, 3.63) is 54.1 Å². The van der Waals surface area contributed by atoms with Crippen LogP contribution in [-0.4, -0.2) is 30.6 Å². The average molecular weight is 391 g/mol. The molecule has 1 atom stereocenters. The molecule has 1 heterocycles. The van der Waals surface area contributed by atoms with Crippen LogP contribution >= 0.6 is 23.4 Å². The molecule has 2 aromatic rings. The number of methoxy groups -OCH3 is 1. The molecule has 0 saturated carbocycles. The van der Waals surface area contributed by atoms with Crippen molar-refractivity contribution in [2.75, 3.05) is 29.0 Å². The van der Waals surface area contributed by atoms with Gasteiger partial charge in [0.25, 0.3) is 0 Å². The third-order valence-electron chi connectivity index (χ3n) is 4.02. The third-order valence-corrected chi connectivity index (χ3v) is 5.42. The SMILES string of the molecule is COc1ccc(N2C(=O)CSC2c2ccc(NC(=O)CCCl)cc2)cc1. The lowest BCUT2D eigenvalue weighted by Gasteiger charge is -2.24. The van der Waals surface area contributed by atoms with E-state index < -0.39 is 0 Å². The molecule has 1 aliphatic heterocycles. The first-order valence-electron chi connectivity index (χ1n) is 8.16. The Morgan fingerprint density at radius 2 is 1.92 bits per heavy atom. The number of alkyl halides is 1. The number of nitrogens with zero attached hydrogens (tertiary/aromatic N) is 1. The Labute approximate surface area is 161 Å². The van der Waals surface area contributed by atoms with E-state index in [1.807, 2.05) is 48.5 Å². The zero-order chi connectivity index (χ0) is 18.5. The zero-order valence-electron chi connectivity index (χ0n) is 14.3. The van der Waals surface area contributed by atoms with E-state index in [4.69, 9.17) is 16.3 Å². The molecule has 0 spiro atoms. The average Bonchev–Trinajstić information content (AvgIpc) is 3.04. The molecule has 0 radical (unpaired) electrons. The third kappa shape index (κ3) is 4.14. The van der Waals surface area contributed by atoms with Crippen molar-refractivity contribution in [1.29, 1.82) is 0 Å². The van der Waals surface area contributed by atoms with E-state index in [1.165, 1.54) is 0 Å². The van der Waals surface area contributed by atoms with E-state index in [1.54, 1.807) is 23.8 Å². The zero-order valence-corrected chi connectivity index (χ0v) is 15.8. The summed E-state index contributed by atoms with van der Waals surface area (Å²) in [6.07, 6.45) is 0.279. The molecule has 0 aliphatic carbocycles. The summed E-state index contributed by atoms with van der Waals surface area (Å²) in [5.74, 6) is 1.44. The molecule has 1 saturated heterocycles. The van der Waals surface area contributed by atoms with E-state index in [-0.39, 0.29) is 23.6 Å². The largest absolute Gasteiger partial charge is 0.497 e. The number of nitrogens with one attached hydrogen (secondary N) is 1. The Bertz CT molecular complexity index is 780. The summed E-state index contributed by atoms with van der Waals surface area (Å²) in [5, 5.41) is 2.71. The monoisotopic (exact) mass is 390 g/mol. The number of hydrogen-bond acceptors (Lipinski definition) is 4. The van der Waals surface area contributed by atoms with Crippen LogP contribution in [0.25, 0.3) is 0 Å². The molecule has 1 unspecified atom stereocenters. The maximum atomic E-state index is 12.4. The van der Waals surface area contributed by atoms with Crippen molar-refractivity contribution in [1.82, 2.24) is 0 Å². The van der Waals surface area contributed by atoms with Crippen molar-refractivity contribution >= 4 is 46.6 Å². The molecule has 0 aromatic heterocycles. The summed E-state index contributed by atoms with van der Waals surface area (Å²) < 4.78 is 5.18. The van der Waals surface area contributed by atoms with Gasteiger partial charge in [-0.05, 0) is 42.0 Å². The number of thioether (sulfide) groups is 1. The number of ether oxygens (including phenoxy) is 1. The van der Waals surface area contributed by atoms with Crippen molar-refractivity contribution in [2.24, 2.45) is 0 Å². The van der Waals surface area contributed by atoms with Crippen molar-refractivity contribution in [3.63, 3.8) is 0 Å². The van der Waals surface area contributed by atoms with Crippen LogP contribution in [0.4, 0.5) is 11.4 Å². The number of amides is 2. The van der Waals surface area contributed by atoms with Gasteiger partial charge in [0, 0.05) is 23.7 Å². The van der Waals surface area contributed by atoms with Gasteiger partial charge in [-0.3, -0.25) is 14.5 Å². The molecular weight excluding hydrogens is 372 g/mol. The second-order valence-electron chi connectivity index (χ2n) is 5.73. The Kier molecular flexibility index (Phi) is 6.06. The van der Waals surface area contributed by atoms with Gasteiger partial charge in [-0.2, -0.15) is 0 Å². The minimum absolute atomic E-state index is 0.0738. The van der Waals surface area contributed by atoms with Crippen LogP contribution in [0.1, 0.15) is 17.4 Å². The molecular formula is C19H19ClN2O3S. The quantitative estimate of drug-likeness (QED) is 0.756. The second kappa shape index (κ2) is 8.47. The lowest BCUT2D eigenvalue weighted by atomic mass is 10.1. The maximum absolute atomic E-state index is 12.4. The number of anilines is 2. The predicted molar refractivity (Wildman–Crippen MR) is 106 cm³/mol. The van der Waals surface area contributed by atoms with Crippen LogP contribution < -0.4 is 15.0 Å². The first-order chi connectivity index (χ1) is 12.6. The highest BCUT2D eigenvalue weighted by molar-refractivity contribution is 8.00. The van der Waals surface area contributed by atoms with E-state index in [0.29, 0.717) is 17.3 Å². The van der Waals surface area contributed by atoms with Crippen LogP contribution in [0.2, 0.25) is 0 Å². The standard InChI is InChI=1S/C19H19ClN2O3S/c1-25-16-8-6-15(7-9-16)22-18(24)12-26-19(22)13-2-4-14(5-3-13)21-17(23)10-11-20/h2-9,19H,10-12H2,1H3,(H,21,23).